The summed E-state index contributed by atoms with van der Waals surface area (Å²) in [5.41, 5.74) is -0.902. The Bertz CT molecular complexity index is 652. The van der Waals surface area contributed by atoms with E-state index in [2.05, 4.69) is 10.6 Å². The molecule has 1 unspecified atom stereocenters. The lowest BCUT2D eigenvalue weighted by atomic mass is 10.2. The third kappa shape index (κ3) is 3.76. The van der Waals surface area contributed by atoms with Crippen LogP contribution >= 0.6 is 0 Å². The molecule has 0 bridgehead atoms. The lowest BCUT2D eigenvalue weighted by molar-refractivity contribution is -0.387. The molecule has 1 rings (SSSR count). The van der Waals surface area contributed by atoms with Gasteiger partial charge in [0.2, 0.25) is 15.8 Å². The molecule has 0 radical (unpaired) electrons. The van der Waals surface area contributed by atoms with Gasteiger partial charge in [-0.15, -0.1) is 6.42 Å². The molecule has 1 atom stereocenters. The smallest absolute Gasteiger partial charge is 0.258 e. The second-order valence-electron chi connectivity index (χ2n) is 4.00. The fourth-order valence-corrected chi connectivity index (χ4v) is 2.73. The van der Waals surface area contributed by atoms with E-state index in [1.54, 1.807) is 0 Å². The van der Waals surface area contributed by atoms with Crippen molar-refractivity contribution in [1.29, 1.82) is 0 Å². The van der Waals surface area contributed by atoms with Gasteiger partial charge in [0.25, 0.3) is 0 Å². The maximum atomic E-state index is 13.2. The van der Waals surface area contributed by atoms with Crippen LogP contribution in [0.3, 0.4) is 0 Å². The molecule has 0 heterocycles. The van der Waals surface area contributed by atoms with Gasteiger partial charge in [0.05, 0.1) is 15.9 Å². The van der Waals surface area contributed by atoms with Gasteiger partial charge in [-0.1, -0.05) is 19.3 Å². The Morgan fingerprint density at radius 1 is 1.55 bits per heavy atom. The van der Waals surface area contributed by atoms with E-state index in [9.17, 15) is 22.9 Å². The first kappa shape index (κ1) is 16.1. The monoisotopic (exact) mass is 300 g/mol. The van der Waals surface area contributed by atoms with Crippen LogP contribution < -0.4 is 4.72 Å². The number of nitrogens with zero attached hydrogens (tertiary/aromatic N) is 1. The summed E-state index contributed by atoms with van der Waals surface area (Å²) in [4.78, 5) is 9.21. The molecule has 0 fully saturated rings. The molecule has 8 heteroatoms. The first-order chi connectivity index (χ1) is 9.31. The second-order valence-corrected chi connectivity index (χ2v) is 5.71. The van der Waals surface area contributed by atoms with E-state index in [0.29, 0.717) is 18.9 Å². The quantitative estimate of drug-likeness (QED) is 0.493. The van der Waals surface area contributed by atoms with Crippen molar-refractivity contribution in [3.8, 4) is 12.3 Å². The van der Waals surface area contributed by atoms with Crippen molar-refractivity contribution in [2.24, 2.45) is 0 Å². The number of rotatable bonds is 6. The van der Waals surface area contributed by atoms with Gasteiger partial charge in [0.1, 0.15) is 0 Å². The Labute approximate surface area is 116 Å². The molecule has 0 saturated carbocycles. The highest BCUT2D eigenvalue weighted by Crippen LogP contribution is 2.21. The van der Waals surface area contributed by atoms with Gasteiger partial charge in [0, 0.05) is 6.07 Å². The standard InChI is InChI=1S/C12H13FN2O4S/c1-3-5-9(4-2)14-20(18,19)10-6-7-11(13)12(8-10)15(16)17/h2,6-9,14H,3,5H2,1H3. The first-order valence-electron chi connectivity index (χ1n) is 5.74. The summed E-state index contributed by atoms with van der Waals surface area (Å²) in [6, 6.07) is 1.63. The van der Waals surface area contributed by atoms with Gasteiger partial charge in [-0.2, -0.15) is 9.11 Å². The van der Waals surface area contributed by atoms with Crippen molar-refractivity contribution in [3.05, 3.63) is 34.1 Å². The highest BCUT2D eigenvalue weighted by atomic mass is 32.2. The predicted molar refractivity (Wildman–Crippen MR) is 70.9 cm³/mol. The molecule has 1 aromatic carbocycles. The molecule has 1 N–H and O–H groups in total. The molecule has 20 heavy (non-hydrogen) atoms. The Hall–Kier alpha value is -1.98. The molecule has 0 saturated heterocycles. The summed E-state index contributed by atoms with van der Waals surface area (Å²) in [7, 11) is -4.03. The van der Waals surface area contributed by atoms with Crippen LogP contribution in [0.2, 0.25) is 0 Å². The molecule has 0 spiro atoms. The third-order valence-electron chi connectivity index (χ3n) is 2.50. The van der Waals surface area contributed by atoms with Crippen LogP contribution in [0, 0.1) is 28.3 Å². The second kappa shape index (κ2) is 6.45. The van der Waals surface area contributed by atoms with Gasteiger partial charge < -0.3 is 0 Å². The summed E-state index contributed by atoms with van der Waals surface area (Å²) < 4.78 is 39.4. The molecule has 0 aliphatic heterocycles. The van der Waals surface area contributed by atoms with Gasteiger partial charge in [-0.3, -0.25) is 10.1 Å². The Kier molecular flexibility index (Phi) is 5.19. The number of hydrogen-bond acceptors (Lipinski definition) is 4. The fraction of sp³-hybridized carbons (Fsp3) is 0.333. The van der Waals surface area contributed by atoms with E-state index in [4.69, 9.17) is 6.42 Å². The Balaban J connectivity index is 3.13. The van der Waals surface area contributed by atoms with Crippen LogP contribution in [0.5, 0.6) is 0 Å². The molecule has 0 aliphatic carbocycles. The van der Waals surface area contributed by atoms with Gasteiger partial charge in [-0.05, 0) is 18.6 Å². The van der Waals surface area contributed by atoms with Gasteiger partial charge >= 0.3 is 5.69 Å². The summed E-state index contributed by atoms with van der Waals surface area (Å²) in [5.74, 6) is 1.18. The molecule has 0 amide bonds. The number of nitro benzene ring substituents is 1. The largest absolute Gasteiger partial charge is 0.306 e. The number of terminal acetylenes is 1. The number of halogens is 1. The lowest BCUT2D eigenvalue weighted by Gasteiger charge is -2.12. The number of benzene rings is 1. The first-order valence-corrected chi connectivity index (χ1v) is 7.22. The lowest BCUT2D eigenvalue weighted by Crippen LogP contribution is -2.33. The maximum absolute atomic E-state index is 13.2. The maximum Gasteiger partial charge on any atom is 0.306 e. The topological polar surface area (TPSA) is 89.3 Å². The Morgan fingerprint density at radius 3 is 2.70 bits per heavy atom. The molecular formula is C12H13FN2O4S. The molecule has 1 aromatic rings. The minimum absolute atomic E-state index is 0.401. The number of hydrogen-bond donors (Lipinski definition) is 1. The van der Waals surface area contributed by atoms with Crippen molar-refractivity contribution in [3.63, 3.8) is 0 Å². The summed E-state index contributed by atoms with van der Waals surface area (Å²) in [6.07, 6.45) is 6.30. The van der Waals surface area contributed by atoms with E-state index >= 15 is 0 Å². The van der Waals surface area contributed by atoms with E-state index in [1.165, 1.54) is 0 Å². The molecule has 0 aromatic heterocycles. The van der Waals surface area contributed by atoms with Crippen molar-refractivity contribution in [2.45, 2.75) is 30.7 Å². The molecule has 0 aliphatic rings. The minimum Gasteiger partial charge on any atom is -0.258 e. The minimum atomic E-state index is -4.03. The highest BCUT2D eigenvalue weighted by molar-refractivity contribution is 7.89. The number of nitro groups is 1. The van der Waals surface area contributed by atoms with E-state index in [0.717, 1.165) is 12.1 Å². The zero-order valence-electron chi connectivity index (χ0n) is 10.7. The van der Waals surface area contributed by atoms with Crippen LogP contribution in [0.4, 0.5) is 10.1 Å². The Morgan fingerprint density at radius 2 is 2.20 bits per heavy atom. The van der Waals surface area contributed by atoms with Crippen LogP contribution in [0.15, 0.2) is 23.1 Å². The summed E-state index contributed by atoms with van der Waals surface area (Å²) in [6.45, 7) is 1.83. The van der Waals surface area contributed by atoms with Crippen LogP contribution in [0.25, 0.3) is 0 Å². The summed E-state index contributed by atoms with van der Waals surface area (Å²) in [5, 5.41) is 10.6. The van der Waals surface area contributed by atoms with Crippen molar-refractivity contribution < 1.29 is 17.7 Å². The van der Waals surface area contributed by atoms with Crippen molar-refractivity contribution in [2.75, 3.05) is 0 Å². The zero-order valence-corrected chi connectivity index (χ0v) is 11.5. The normalized spacial score (nSPS) is 12.7. The van der Waals surface area contributed by atoms with Gasteiger partial charge in [-0.25, -0.2) is 8.42 Å². The average Bonchev–Trinajstić information content (AvgIpc) is 2.37. The van der Waals surface area contributed by atoms with Crippen molar-refractivity contribution >= 4 is 15.7 Å². The van der Waals surface area contributed by atoms with E-state index in [1.807, 2.05) is 6.92 Å². The summed E-state index contributed by atoms with van der Waals surface area (Å²) >= 11 is 0. The SMILES string of the molecule is C#CC(CCC)NS(=O)(=O)c1ccc(F)c([N+](=O)[O-])c1. The highest BCUT2D eigenvalue weighted by Gasteiger charge is 2.23. The van der Waals surface area contributed by atoms with E-state index in [-0.39, 0.29) is 0 Å². The van der Waals surface area contributed by atoms with Crippen LogP contribution in [-0.4, -0.2) is 19.4 Å². The number of sulfonamides is 1. The van der Waals surface area contributed by atoms with Gasteiger partial charge in [0.15, 0.2) is 0 Å². The van der Waals surface area contributed by atoms with E-state index < -0.39 is 37.4 Å². The molecule has 108 valence electrons. The zero-order chi connectivity index (χ0) is 15.3. The molecule has 6 nitrogen and oxygen atoms in total. The fourth-order valence-electron chi connectivity index (χ4n) is 1.52. The molecular weight excluding hydrogens is 287 g/mol. The van der Waals surface area contributed by atoms with Crippen LogP contribution in [-0.2, 0) is 10.0 Å². The third-order valence-corrected chi connectivity index (χ3v) is 3.97. The average molecular weight is 300 g/mol. The van der Waals surface area contributed by atoms with Crippen LogP contribution in [0.1, 0.15) is 19.8 Å². The number of nitrogens with one attached hydrogen (secondary N) is 1. The predicted octanol–water partition coefficient (Wildman–Crippen LogP) is 1.81. The van der Waals surface area contributed by atoms with Crippen molar-refractivity contribution in [1.82, 2.24) is 4.72 Å².